The molecule has 3 N–H and O–H groups in total. The van der Waals surface area contributed by atoms with E-state index in [0.29, 0.717) is 25.7 Å². The first-order valence-electron chi connectivity index (χ1n) is 10.1. The molecule has 0 radical (unpaired) electrons. The Labute approximate surface area is 177 Å². The van der Waals surface area contributed by atoms with E-state index in [1.807, 2.05) is 37.3 Å². The molecule has 2 rings (SSSR count). The highest BCUT2D eigenvalue weighted by molar-refractivity contribution is 5.73. The first-order chi connectivity index (χ1) is 13.9. The highest BCUT2D eigenvalue weighted by Gasteiger charge is 2.44. The molecule has 1 fully saturated rings. The van der Waals surface area contributed by atoms with Gasteiger partial charge in [0.15, 0.2) is 0 Å². The Morgan fingerprint density at radius 3 is 2.13 bits per heavy atom. The number of aliphatic carboxylic acids is 1. The number of rotatable bonds is 6. The van der Waals surface area contributed by atoms with Gasteiger partial charge < -0.3 is 25.2 Å². The Kier molecular flexibility index (Phi) is 7.34. The minimum Gasteiger partial charge on any atom is -0.481 e. The van der Waals surface area contributed by atoms with Crippen LogP contribution in [-0.4, -0.2) is 39.9 Å². The number of carbonyl (C=O) groups is 3. The predicted molar refractivity (Wildman–Crippen MR) is 111 cm³/mol. The van der Waals surface area contributed by atoms with Gasteiger partial charge >= 0.3 is 18.2 Å². The number of benzene rings is 1. The van der Waals surface area contributed by atoms with Crippen LogP contribution >= 0.6 is 0 Å². The van der Waals surface area contributed by atoms with Gasteiger partial charge in [-0.05, 0) is 58.9 Å². The maximum absolute atomic E-state index is 12.4. The highest BCUT2D eigenvalue weighted by Crippen LogP contribution is 2.37. The van der Waals surface area contributed by atoms with Crippen LogP contribution in [0.5, 0.6) is 0 Å². The number of carboxylic acid groups (broad SMARTS) is 1. The predicted octanol–water partition coefficient (Wildman–Crippen LogP) is 3.98. The number of hydrogen-bond donors (Lipinski definition) is 3. The maximum atomic E-state index is 12.4. The molecule has 0 heterocycles. The lowest BCUT2D eigenvalue weighted by Crippen LogP contribution is -2.58. The quantitative estimate of drug-likeness (QED) is 0.641. The summed E-state index contributed by atoms with van der Waals surface area (Å²) in [6, 6.07) is 9.25. The molecule has 0 aromatic heterocycles. The average Bonchev–Trinajstić information content (AvgIpc) is 2.61. The number of nitrogens with one attached hydrogen (secondary N) is 2. The van der Waals surface area contributed by atoms with Crippen molar-refractivity contribution in [2.75, 3.05) is 0 Å². The Morgan fingerprint density at radius 2 is 1.60 bits per heavy atom. The molecular weight excluding hydrogens is 388 g/mol. The minimum absolute atomic E-state index is 0.105. The summed E-state index contributed by atoms with van der Waals surface area (Å²) in [6.07, 6.45) is 0.417. The van der Waals surface area contributed by atoms with E-state index in [0.717, 1.165) is 5.56 Å². The molecule has 1 saturated carbocycles. The maximum Gasteiger partial charge on any atom is 0.408 e. The topological polar surface area (TPSA) is 114 Å². The molecule has 8 nitrogen and oxygen atoms in total. The first-order valence-corrected chi connectivity index (χ1v) is 10.1. The number of hydrogen-bond acceptors (Lipinski definition) is 5. The normalized spacial score (nSPS) is 23.9. The fraction of sp³-hybridized carbons (Fsp3) is 0.591. The third-order valence-corrected chi connectivity index (χ3v) is 5.18. The van der Waals surface area contributed by atoms with E-state index in [1.54, 1.807) is 20.8 Å². The van der Waals surface area contributed by atoms with E-state index in [-0.39, 0.29) is 13.0 Å². The van der Waals surface area contributed by atoms with Crippen molar-refractivity contribution in [1.82, 2.24) is 10.6 Å². The van der Waals surface area contributed by atoms with E-state index in [1.165, 1.54) is 0 Å². The summed E-state index contributed by atoms with van der Waals surface area (Å²) < 4.78 is 10.6. The average molecular weight is 421 g/mol. The van der Waals surface area contributed by atoms with Crippen molar-refractivity contribution in [3.05, 3.63) is 35.9 Å². The summed E-state index contributed by atoms with van der Waals surface area (Å²) in [7, 11) is 0. The highest BCUT2D eigenvalue weighted by atomic mass is 16.6. The fourth-order valence-corrected chi connectivity index (χ4v) is 3.57. The number of ether oxygens (including phenoxy) is 2. The van der Waals surface area contributed by atoms with Crippen LogP contribution in [0, 0.1) is 0 Å². The van der Waals surface area contributed by atoms with Crippen LogP contribution in [0.25, 0.3) is 0 Å². The zero-order valence-corrected chi connectivity index (χ0v) is 18.1. The Morgan fingerprint density at radius 1 is 1.00 bits per heavy atom. The number of amides is 2. The van der Waals surface area contributed by atoms with E-state index in [9.17, 15) is 19.5 Å². The van der Waals surface area contributed by atoms with Gasteiger partial charge in [-0.2, -0.15) is 0 Å². The Bertz CT molecular complexity index is 749. The molecule has 0 unspecified atom stereocenters. The Hall–Kier alpha value is -2.77. The largest absolute Gasteiger partial charge is 0.481 e. The summed E-state index contributed by atoms with van der Waals surface area (Å²) >= 11 is 0. The third kappa shape index (κ3) is 7.57. The third-order valence-electron chi connectivity index (χ3n) is 5.18. The molecule has 1 aliphatic carbocycles. The summed E-state index contributed by atoms with van der Waals surface area (Å²) in [6.45, 7) is 7.37. The van der Waals surface area contributed by atoms with Gasteiger partial charge in [-0.25, -0.2) is 9.59 Å². The van der Waals surface area contributed by atoms with Gasteiger partial charge in [-0.1, -0.05) is 30.3 Å². The van der Waals surface area contributed by atoms with Crippen LogP contribution in [0.1, 0.15) is 65.4 Å². The molecule has 8 heteroatoms. The first kappa shape index (κ1) is 23.5. The molecule has 0 atom stereocenters. The molecule has 0 bridgehead atoms. The SMILES string of the molecule is CC1(NC(=O)OC(C)(C)C)CCC(CC(=O)O)(NC(=O)OCc2ccccc2)CC1. The zero-order valence-electron chi connectivity index (χ0n) is 18.1. The van der Waals surface area contributed by atoms with Crippen LogP contribution in [0.3, 0.4) is 0 Å². The van der Waals surface area contributed by atoms with Crippen molar-refractivity contribution in [2.24, 2.45) is 0 Å². The summed E-state index contributed by atoms with van der Waals surface area (Å²) in [5, 5.41) is 15.0. The number of alkyl carbamates (subject to hydrolysis) is 2. The van der Waals surface area contributed by atoms with Gasteiger partial charge in [0.05, 0.1) is 12.0 Å². The van der Waals surface area contributed by atoms with Crippen LogP contribution < -0.4 is 10.6 Å². The van der Waals surface area contributed by atoms with Crippen LogP contribution in [0.2, 0.25) is 0 Å². The van der Waals surface area contributed by atoms with Gasteiger partial charge in [-0.15, -0.1) is 0 Å². The summed E-state index contributed by atoms with van der Waals surface area (Å²) in [5.41, 5.74) is -1.22. The van der Waals surface area contributed by atoms with E-state index < -0.39 is 34.8 Å². The molecule has 1 aliphatic rings. The van der Waals surface area contributed by atoms with Crippen molar-refractivity contribution in [3.8, 4) is 0 Å². The number of carbonyl (C=O) groups excluding carboxylic acids is 2. The second-order valence-corrected chi connectivity index (χ2v) is 9.23. The van der Waals surface area contributed by atoms with Gasteiger partial charge in [0.25, 0.3) is 0 Å². The van der Waals surface area contributed by atoms with Gasteiger partial charge in [0.1, 0.15) is 12.2 Å². The van der Waals surface area contributed by atoms with Gasteiger partial charge in [0.2, 0.25) is 0 Å². The van der Waals surface area contributed by atoms with Crippen molar-refractivity contribution < 1.29 is 29.0 Å². The van der Waals surface area contributed by atoms with E-state index in [4.69, 9.17) is 9.47 Å². The zero-order chi connectivity index (χ0) is 22.4. The van der Waals surface area contributed by atoms with Crippen molar-refractivity contribution in [2.45, 2.75) is 83.1 Å². The second-order valence-electron chi connectivity index (χ2n) is 9.23. The Balaban J connectivity index is 1.96. The van der Waals surface area contributed by atoms with Crippen LogP contribution in [-0.2, 0) is 20.9 Å². The number of carboxylic acids is 1. The summed E-state index contributed by atoms with van der Waals surface area (Å²) in [4.78, 5) is 36.0. The van der Waals surface area contributed by atoms with Crippen LogP contribution in [0.15, 0.2) is 30.3 Å². The molecular formula is C22H32N2O6. The molecule has 166 valence electrons. The fourth-order valence-electron chi connectivity index (χ4n) is 3.57. The molecule has 30 heavy (non-hydrogen) atoms. The van der Waals surface area contributed by atoms with E-state index >= 15 is 0 Å². The lowest BCUT2D eigenvalue weighted by molar-refractivity contribution is -0.139. The lowest BCUT2D eigenvalue weighted by Gasteiger charge is -2.44. The smallest absolute Gasteiger partial charge is 0.408 e. The standard InChI is InChI=1S/C22H32N2O6/c1-20(2,3)30-19(28)23-21(4)10-12-22(13-11-21,14-17(25)26)24-18(27)29-15-16-8-6-5-7-9-16/h5-9H,10-15H2,1-4H3,(H,23,28)(H,24,27)(H,25,26). The molecule has 1 aromatic rings. The molecule has 0 saturated heterocycles. The minimum atomic E-state index is -0.998. The van der Waals surface area contributed by atoms with Gasteiger partial charge in [0, 0.05) is 5.54 Å². The van der Waals surface area contributed by atoms with Crippen molar-refractivity contribution >= 4 is 18.2 Å². The van der Waals surface area contributed by atoms with Crippen LogP contribution in [0.4, 0.5) is 9.59 Å². The monoisotopic (exact) mass is 420 g/mol. The van der Waals surface area contributed by atoms with Gasteiger partial charge in [-0.3, -0.25) is 4.79 Å². The second kappa shape index (κ2) is 9.36. The van der Waals surface area contributed by atoms with Crippen molar-refractivity contribution in [1.29, 1.82) is 0 Å². The lowest BCUT2D eigenvalue weighted by atomic mass is 9.71. The van der Waals surface area contributed by atoms with Crippen molar-refractivity contribution in [3.63, 3.8) is 0 Å². The molecule has 0 spiro atoms. The molecule has 2 amide bonds. The van der Waals surface area contributed by atoms with E-state index in [2.05, 4.69) is 10.6 Å². The molecule has 0 aliphatic heterocycles. The summed E-state index contributed by atoms with van der Waals surface area (Å²) in [5.74, 6) is -0.998. The molecule has 1 aromatic carbocycles.